The minimum Gasteiger partial charge on any atom is -0.496 e. The first-order chi connectivity index (χ1) is 12.6. The number of hydrogen-bond acceptors (Lipinski definition) is 7. The van der Waals surface area contributed by atoms with E-state index in [1.807, 2.05) is 0 Å². The molecule has 1 heterocycles. The third-order valence-corrected chi connectivity index (χ3v) is 4.28. The number of ether oxygens (including phenoxy) is 2. The second kappa shape index (κ2) is 7.94. The minimum absolute atomic E-state index is 0.246. The number of allylic oxidation sites excluding steroid dienone is 1. The fourth-order valence-corrected chi connectivity index (χ4v) is 2.51. The number of fused-ring (bicyclic) bond motifs is 1. The van der Waals surface area contributed by atoms with Gasteiger partial charge < -0.3 is 24.1 Å². The van der Waals surface area contributed by atoms with Crippen molar-refractivity contribution in [3.8, 4) is 5.75 Å². The molecule has 0 aliphatic carbocycles. The zero-order valence-corrected chi connectivity index (χ0v) is 16.0. The maximum atomic E-state index is 12.3. The first-order valence-corrected chi connectivity index (χ1v) is 8.44. The van der Waals surface area contributed by atoms with Crippen LogP contribution in [-0.4, -0.2) is 35.0 Å². The molecule has 2 N–H and O–H groups in total. The number of benzene rings is 1. The molecule has 146 valence electrons. The van der Waals surface area contributed by atoms with E-state index in [1.54, 1.807) is 32.1 Å². The summed E-state index contributed by atoms with van der Waals surface area (Å²) in [6.45, 7) is 6.10. The Kier molecular flexibility index (Phi) is 6.08. The van der Waals surface area contributed by atoms with Crippen molar-refractivity contribution < 1.29 is 28.9 Å². The summed E-state index contributed by atoms with van der Waals surface area (Å²) in [4.78, 5) is 23.8. The van der Waals surface area contributed by atoms with Crippen LogP contribution in [-0.2, 0) is 9.53 Å². The van der Waals surface area contributed by atoms with Gasteiger partial charge in [-0.1, -0.05) is 6.08 Å². The molecule has 7 nitrogen and oxygen atoms in total. The number of aliphatic hydroxyl groups is 2. The molecule has 0 unspecified atom stereocenters. The quantitative estimate of drug-likeness (QED) is 0.453. The van der Waals surface area contributed by atoms with Crippen LogP contribution in [0.1, 0.15) is 39.4 Å². The highest BCUT2D eigenvalue weighted by Gasteiger charge is 2.38. The van der Waals surface area contributed by atoms with E-state index in [4.69, 9.17) is 13.9 Å². The van der Waals surface area contributed by atoms with Crippen LogP contribution in [0.3, 0.4) is 0 Å². The van der Waals surface area contributed by atoms with E-state index in [9.17, 15) is 19.8 Å². The lowest BCUT2D eigenvalue weighted by atomic mass is 9.91. The first-order valence-electron chi connectivity index (χ1n) is 8.44. The molecule has 7 heteroatoms. The molecule has 0 spiro atoms. The van der Waals surface area contributed by atoms with Crippen molar-refractivity contribution in [3.05, 3.63) is 51.9 Å². The molecule has 0 aliphatic heterocycles. The Bertz CT molecular complexity index is 918. The SMILES string of the molecule is C/C=C(\C)C(=O)O[C@@H](c1cc2ccc(=O)oc2cc1OC)[C@H](O)C(C)(C)O. The summed E-state index contributed by atoms with van der Waals surface area (Å²) in [6, 6.07) is 5.88. The predicted molar refractivity (Wildman–Crippen MR) is 99.6 cm³/mol. The van der Waals surface area contributed by atoms with E-state index in [-0.39, 0.29) is 11.3 Å². The summed E-state index contributed by atoms with van der Waals surface area (Å²) in [6.07, 6.45) is -1.06. The maximum absolute atomic E-state index is 12.3. The second-order valence-corrected chi connectivity index (χ2v) is 6.78. The predicted octanol–water partition coefficient (Wildman–Crippen LogP) is 2.48. The molecule has 2 rings (SSSR count). The fraction of sp³-hybridized carbons (Fsp3) is 0.400. The smallest absolute Gasteiger partial charge is 0.336 e. The van der Waals surface area contributed by atoms with E-state index in [2.05, 4.69) is 0 Å². The molecule has 0 saturated carbocycles. The zero-order valence-electron chi connectivity index (χ0n) is 16.0. The summed E-state index contributed by atoms with van der Waals surface area (Å²) in [7, 11) is 1.40. The summed E-state index contributed by atoms with van der Waals surface area (Å²) >= 11 is 0. The molecule has 1 aromatic heterocycles. The lowest BCUT2D eigenvalue weighted by Gasteiger charge is -2.32. The molecule has 0 fully saturated rings. The highest BCUT2D eigenvalue weighted by atomic mass is 16.6. The number of carbonyl (C=O) groups excluding carboxylic acids is 1. The van der Waals surface area contributed by atoms with Crippen molar-refractivity contribution in [2.24, 2.45) is 0 Å². The van der Waals surface area contributed by atoms with Crippen molar-refractivity contribution >= 4 is 16.9 Å². The van der Waals surface area contributed by atoms with Crippen LogP contribution in [0.15, 0.2) is 45.1 Å². The standard InChI is InChI=1S/C20H24O7/c1-6-11(2)19(23)27-17(18(22)20(3,4)24)13-9-12-7-8-16(21)26-14(12)10-15(13)25-5/h6-10,17-18,22,24H,1-5H3/b11-6+/t17-,18-/m0/s1. The maximum Gasteiger partial charge on any atom is 0.336 e. The van der Waals surface area contributed by atoms with Gasteiger partial charge in [-0.3, -0.25) is 0 Å². The normalized spacial score (nSPS) is 14.7. The Balaban J connectivity index is 2.64. The Labute approximate surface area is 156 Å². The van der Waals surface area contributed by atoms with Crippen LogP contribution in [0, 0.1) is 0 Å². The van der Waals surface area contributed by atoms with Gasteiger partial charge in [-0.15, -0.1) is 0 Å². The van der Waals surface area contributed by atoms with Crippen molar-refractivity contribution in [2.45, 2.75) is 45.5 Å². The molecule has 27 heavy (non-hydrogen) atoms. The molecular formula is C20H24O7. The van der Waals surface area contributed by atoms with Crippen LogP contribution >= 0.6 is 0 Å². The highest BCUT2D eigenvalue weighted by Crippen LogP contribution is 2.37. The minimum atomic E-state index is -1.56. The molecule has 0 radical (unpaired) electrons. The number of esters is 1. The fourth-order valence-electron chi connectivity index (χ4n) is 2.51. The second-order valence-electron chi connectivity index (χ2n) is 6.78. The van der Waals surface area contributed by atoms with E-state index in [1.165, 1.54) is 33.1 Å². The van der Waals surface area contributed by atoms with Gasteiger partial charge in [0.1, 0.15) is 17.4 Å². The van der Waals surface area contributed by atoms with Gasteiger partial charge in [0.25, 0.3) is 0 Å². The first kappa shape index (κ1) is 20.7. The molecule has 2 aromatic rings. The summed E-state index contributed by atoms with van der Waals surface area (Å²) in [5.74, 6) is -0.386. The zero-order chi connectivity index (χ0) is 20.4. The van der Waals surface area contributed by atoms with Crippen LogP contribution in [0.4, 0.5) is 0 Å². The van der Waals surface area contributed by atoms with Gasteiger partial charge in [0.2, 0.25) is 0 Å². The molecule has 0 aliphatic rings. The van der Waals surface area contributed by atoms with Crippen LogP contribution in [0.5, 0.6) is 5.75 Å². The monoisotopic (exact) mass is 376 g/mol. The van der Waals surface area contributed by atoms with Gasteiger partial charge in [-0.25, -0.2) is 9.59 Å². The van der Waals surface area contributed by atoms with Gasteiger partial charge in [0, 0.05) is 28.7 Å². The number of methoxy groups -OCH3 is 1. The van der Waals surface area contributed by atoms with Gasteiger partial charge >= 0.3 is 11.6 Å². The largest absolute Gasteiger partial charge is 0.496 e. The van der Waals surface area contributed by atoms with Gasteiger partial charge in [0.05, 0.1) is 12.7 Å². The molecular weight excluding hydrogens is 352 g/mol. The van der Waals surface area contributed by atoms with Crippen molar-refractivity contribution in [1.29, 1.82) is 0 Å². The third kappa shape index (κ3) is 4.56. The van der Waals surface area contributed by atoms with Gasteiger partial charge in [-0.2, -0.15) is 0 Å². The molecule has 0 amide bonds. The van der Waals surface area contributed by atoms with Gasteiger partial charge in [-0.05, 0) is 39.8 Å². The Hall–Kier alpha value is -2.64. The van der Waals surface area contributed by atoms with Gasteiger partial charge in [0.15, 0.2) is 6.10 Å². The van der Waals surface area contributed by atoms with E-state index in [0.717, 1.165) is 0 Å². The number of rotatable bonds is 6. The van der Waals surface area contributed by atoms with Crippen molar-refractivity contribution in [2.75, 3.05) is 7.11 Å². The van der Waals surface area contributed by atoms with E-state index in [0.29, 0.717) is 16.5 Å². The summed E-state index contributed by atoms with van der Waals surface area (Å²) < 4.78 is 16.0. The topological polar surface area (TPSA) is 106 Å². The van der Waals surface area contributed by atoms with Crippen molar-refractivity contribution in [1.82, 2.24) is 0 Å². The highest BCUT2D eigenvalue weighted by molar-refractivity contribution is 5.88. The summed E-state index contributed by atoms with van der Waals surface area (Å²) in [5, 5.41) is 21.5. The average Bonchev–Trinajstić information content (AvgIpc) is 2.62. The summed E-state index contributed by atoms with van der Waals surface area (Å²) in [5.41, 5.74) is -1.09. The average molecular weight is 376 g/mol. The molecule has 0 bridgehead atoms. The Morgan fingerprint density at radius 2 is 1.96 bits per heavy atom. The third-order valence-electron chi connectivity index (χ3n) is 4.28. The van der Waals surface area contributed by atoms with E-state index < -0.39 is 29.4 Å². The lowest BCUT2D eigenvalue weighted by Crippen LogP contribution is -2.42. The molecule has 1 aromatic carbocycles. The Morgan fingerprint density at radius 3 is 2.52 bits per heavy atom. The van der Waals surface area contributed by atoms with Crippen molar-refractivity contribution in [3.63, 3.8) is 0 Å². The Morgan fingerprint density at radius 1 is 1.30 bits per heavy atom. The molecule has 0 saturated heterocycles. The number of aliphatic hydroxyl groups excluding tert-OH is 1. The lowest BCUT2D eigenvalue weighted by molar-refractivity contribution is -0.163. The number of carbonyl (C=O) groups is 1. The van der Waals surface area contributed by atoms with Crippen LogP contribution in [0.2, 0.25) is 0 Å². The van der Waals surface area contributed by atoms with Crippen LogP contribution < -0.4 is 10.4 Å². The molecule has 2 atom stereocenters. The van der Waals surface area contributed by atoms with Crippen LogP contribution in [0.25, 0.3) is 11.0 Å². The number of hydrogen-bond donors (Lipinski definition) is 2. The van der Waals surface area contributed by atoms with E-state index >= 15 is 0 Å².